The van der Waals surface area contributed by atoms with Crippen molar-refractivity contribution in [2.24, 2.45) is 0 Å². The SMILES string of the molecule is Cc1oc(C)c(S(=O)(=O)N2CCN(C(=O)c3ccnnc3)CC2)c1C(=O)O. The van der Waals surface area contributed by atoms with E-state index in [0.29, 0.717) is 5.56 Å². The topological polar surface area (TPSA) is 134 Å². The van der Waals surface area contributed by atoms with Crippen LogP contribution in [0.2, 0.25) is 0 Å². The van der Waals surface area contributed by atoms with Crippen LogP contribution in [-0.2, 0) is 10.0 Å². The molecule has 10 nitrogen and oxygen atoms in total. The van der Waals surface area contributed by atoms with E-state index in [1.807, 2.05) is 0 Å². The van der Waals surface area contributed by atoms with Crippen LogP contribution in [0.4, 0.5) is 0 Å². The monoisotopic (exact) mass is 394 g/mol. The molecule has 0 spiro atoms. The van der Waals surface area contributed by atoms with Crippen LogP contribution in [0.5, 0.6) is 0 Å². The van der Waals surface area contributed by atoms with Crippen molar-refractivity contribution in [3.8, 4) is 0 Å². The molecule has 2 aromatic rings. The number of furan rings is 1. The lowest BCUT2D eigenvalue weighted by molar-refractivity contribution is 0.0689. The van der Waals surface area contributed by atoms with Gasteiger partial charge in [-0.3, -0.25) is 4.79 Å². The van der Waals surface area contributed by atoms with Crippen molar-refractivity contribution < 1.29 is 27.5 Å². The average Bonchev–Trinajstić information content (AvgIpc) is 2.97. The van der Waals surface area contributed by atoms with E-state index < -0.39 is 16.0 Å². The second-order valence-corrected chi connectivity index (χ2v) is 7.93. The Morgan fingerprint density at radius 3 is 2.33 bits per heavy atom. The summed E-state index contributed by atoms with van der Waals surface area (Å²) in [5.74, 6) is -1.55. The van der Waals surface area contributed by atoms with Crippen LogP contribution in [0.3, 0.4) is 0 Å². The Balaban J connectivity index is 1.80. The van der Waals surface area contributed by atoms with E-state index in [1.54, 1.807) is 0 Å². The van der Waals surface area contributed by atoms with Gasteiger partial charge in [-0.05, 0) is 19.9 Å². The molecule has 1 amide bonds. The third-order valence-corrected chi connectivity index (χ3v) is 6.43. The van der Waals surface area contributed by atoms with Crippen molar-refractivity contribution in [1.82, 2.24) is 19.4 Å². The minimum Gasteiger partial charge on any atom is -0.478 e. The highest BCUT2D eigenvalue weighted by Gasteiger charge is 2.37. The van der Waals surface area contributed by atoms with E-state index in [1.165, 1.54) is 41.5 Å². The van der Waals surface area contributed by atoms with Crippen molar-refractivity contribution >= 4 is 21.9 Å². The zero-order valence-electron chi connectivity index (χ0n) is 14.7. The lowest BCUT2D eigenvalue weighted by Crippen LogP contribution is -2.50. The summed E-state index contributed by atoms with van der Waals surface area (Å²) in [4.78, 5) is 25.1. The van der Waals surface area contributed by atoms with E-state index in [9.17, 15) is 23.1 Å². The molecule has 3 heterocycles. The maximum Gasteiger partial charge on any atom is 0.340 e. The highest BCUT2D eigenvalue weighted by Crippen LogP contribution is 2.30. The number of aryl methyl sites for hydroxylation is 2. The third-order valence-electron chi connectivity index (χ3n) is 4.37. The van der Waals surface area contributed by atoms with Gasteiger partial charge in [0.05, 0.1) is 18.0 Å². The highest BCUT2D eigenvalue weighted by atomic mass is 32.2. The summed E-state index contributed by atoms with van der Waals surface area (Å²) < 4.78 is 32.4. The number of sulfonamides is 1. The largest absolute Gasteiger partial charge is 0.478 e. The summed E-state index contributed by atoms with van der Waals surface area (Å²) in [5.41, 5.74) is 0.0182. The number of hydrogen-bond acceptors (Lipinski definition) is 7. The number of hydrogen-bond donors (Lipinski definition) is 1. The van der Waals surface area contributed by atoms with Crippen molar-refractivity contribution in [3.05, 3.63) is 41.1 Å². The normalized spacial score (nSPS) is 15.7. The van der Waals surface area contributed by atoms with Gasteiger partial charge in [0.1, 0.15) is 22.0 Å². The molecule has 0 saturated carbocycles. The molecule has 0 unspecified atom stereocenters. The standard InChI is InChI=1S/C16H18N4O6S/c1-10-13(16(22)23)14(11(2)26-10)27(24,25)20-7-5-19(6-8-20)15(21)12-3-4-17-18-9-12/h3-4,9H,5-8H2,1-2H3,(H,22,23). The van der Waals surface area contributed by atoms with E-state index in [2.05, 4.69) is 10.2 Å². The number of carbonyl (C=O) groups excluding carboxylic acids is 1. The molecule has 144 valence electrons. The molecule has 1 aliphatic rings. The number of carboxylic acids is 1. The molecule has 0 atom stereocenters. The molecule has 1 N–H and O–H groups in total. The molecule has 0 radical (unpaired) electrons. The molecule has 11 heteroatoms. The molecule has 1 fully saturated rings. The van der Waals surface area contributed by atoms with E-state index >= 15 is 0 Å². The van der Waals surface area contributed by atoms with Gasteiger partial charge in [0.2, 0.25) is 10.0 Å². The summed E-state index contributed by atoms with van der Waals surface area (Å²) in [5, 5.41) is 16.6. The summed E-state index contributed by atoms with van der Waals surface area (Å²) in [6, 6.07) is 1.54. The van der Waals surface area contributed by atoms with E-state index in [-0.39, 0.29) is 54.1 Å². The van der Waals surface area contributed by atoms with Crippen LogP contribution in [-0.4, -0.2) is 71.0 Å². The minimum absolute atomic E-state index is 0.0336. The molecule has 0 aromatic carbocycles. The number of rotatable bonds is 4. The van der Waals surface area contributed by atoms with E-state index in [4.69, 9.17) is 4.42 Å². The summed E-state index contributed by atoms with van der Waals surface area (Å²) in [6.45, 7) is 3.29. The Hall–Kier alpha value is -2.79. The van der Waals surface area contributed by atoms with Crippen molar-refractivity contribution in [2.45, 2.75) is 18.7 Å². The Morgan fingerprint density at radius 2 is 1.78 bits per heavy atom. The zero-order valence-corrected chi connectivity index (χ0v) is 15.6. The first-order chi connectivity index (χ1) is 12.7. The smallest absolute Gasteiger partial charge is 0.340 e. The fourth-order valence-electron chi connectivity index (χ4n) is 3.08. The maximum atomic E-state index is 13.0. The van der Waals surface area contributed by atoms with Crippen LogP contribution in [0, 0.1) is 13.8 Å². The van der Waals surface area contributed by atoms with Crippen molar-refractivity contribution in [1.29, 1.82) is 0 Å². The number of piperazine rings is 1. The predicted octanol–water partition coefficient (Wildman–Crippen LogP) is 0.531. The van der Waals surface area contributed by atoms with Crippen molar-refractivity contribution in [2.75, 3.05) is 26.2 Å². The molecule has 0 aliphatic carbocycles. The average molecular weight is 394 g/mol. The van der Waals surface area contributed by atoms with Gasteiger partial charge < -0.3 is 14.4 Å². The van der Waals surface area contributed by atoms with E-state index in [0.717, 1.165) is 0 Å². The molecular formula is C16H18N4O6S. The van der Waals surface area contributed by atoms with Gasteiger partial charge >= 0.3 is 5.97 Å². The summed E-state index contributed by atoms with van der Waals surface area (Å²) >= 11 is 0. The number of amides is 1. The van der Waals surface area contributed by atoms with Crippen LogP contribution in [0.15, 0.2) is 27.8 Å². The second-order valence-electron chi connectivity index (χ2n) is 6.05. The first-order valence-corrected chi connectivity index (χ1v) is 9.57. The van der Waals surface area contributed by atoms with Crippen LogP contribution in [0.1, 0.15) is 32.2 Å². The highest BCUT2D eigenvalue weighted by molar-refractivity contribution is 7.89. The second kappa shape index (κ2) is 7.08. The van der Waals surface area contributed by atoms with Crippen LogP contribution < -0.4 is 0 Å². The summed E-state index contributed by atoms with van der Waals surface area (Å²) in [7, 11) is -4.06. The lowest BCUT2D eigenvalue weighted by atomic mass is 10.2. The van der Waals surface area contributed by atoms with Crippen LogP contribution >= 0.6 is 0 Å². The minimum atomic E-state index is -4.06. The molecule has 27 heavy (non-hydrogen) atoms. The van der Waals surface area contributed by atoms with Crippen molar-refractivity contribution in [3.63, 3.8) is 0 Å². The number of aromatic carboxylic acids is 1. The first kappa shape index (κ1) is 19.0. The van der Waals surface area contributed by atoms with Gasteiger partial charge in [0, 0.05) is 26.2 Å². The molecule has 1 saturated heterocycles. The lowest BCUT2D eigenvalue weighted by Gasteiger charge is -2.34. The van der Waals surface area contributed by atoms with Gasteiger partial charge in [0.25, 0.3) is 5.91 Å². The van der Waals surface area contributed by atoms with Gasteiger partial charge in [-0.2, -0.15) is 14.5 Å². The van der Waals surface area contributed by atoms with Gasteiger partial charge in [-0.15, -0.1) is 0 Å². The van der Waals surface area contributed by atoms with Gasteiger partial charge in [0.15, 0.2) is 0 Å². The molecule has 3 rings (SSSR count). The Morgan fingerprint density at radius 1 is 1.11 bits per heavy atom. The molecule has 2 aromatic heterocycles. The summed E-state index contributed by atoms with van der Waals surface area (Å²) in [6.07, 6.45) is 2.76. The third kappa shape index (κ3) is 3.43. The first-order valence-electron chi connectivity index (χ1n) is 8.13. The molecule has 1 aliphatic heterocycles. The molecule has 0 bridgehead atoms. The van der Waals surface area contributed by atoms with Gasteiger partial charge in [-0.25, -0.2) is 13.2 Å². The van der Waals surface area contributed by atoms with Gasteiger partial charge in [-0.1, -0.05) is 0 Å². The predicted molar refractivity (Wildman–Crippen MR) is 91.8 cm³/mol. The zero-order chi connectivity index (χ0) is 19.8. The number of aromatic nitrogens is 2. The number of nitrogens with zero attached hydrogens (tertiary/aromatic N) is 4. The Bertz CT molecular complexity index is 978. The maximum absolute atomic E-state index is 13.0. The fourth-order valence-corrected chi connectivity index (χ4v) is 4.88. The Labute approximate surface area is 155 Å². The quantitative estimate of drug-likeness (QED) is 0.794. The molecular weight excluding hydrogens is 376 g/mol. The van der Waals surface area contributed by atoms with Crippen LogP contribution in [0.25, 0.3) is 0 Å². The fraction of sp³-hybridized carbons (Fsp3) is 0.375. The Kier molecular flexibility index (Phi) is 4.98. The number of carboxylic acid groups (broad SMARTS) is 1. The number of carbonyl (C=O) groups is 2.